The molecule has 0 atom stereocenters. The van der Waals surface area contributed by atoms with Crippen molar-refractivity contribution in [2.45, 2.75) is 4.90 Å². The van der Waals surface area contributed by atoms with Crippen LogP contribution < -0.4 is 9.62 Å². The fourth-order valence-electron chi connectivity index (χ4n) is 3.07. The first-order chi connectivity index (χ1) is 13.7. The second-order valence-corrected chi connectivity index (χ2v) is 10.8. The van der Waals surface area contributed by atoms with E-state index in [1.807, 2.05) is 23.1 Å². The molecule has 1 heterocycles. The Balaban J connectivity index is 1.55. The van der Waals surface area contributed by atoms with Gasteiger partial charge in [0.05, 0.1) is 5.75 Å². The molecule has 0 amide bonds. The van der Waals surface area contributed by atoms with Crippen molar-refractivity contribution >= 4 is 37.3 Å². The lowest BCUT2D eigenvalue weighted by molar-refractivity contribution is 0.385. The Kier molecular flexibility index (Phi) is 6.79. The number of piperazine rings is 1. The fraction of sp³-hybridized carbons (Fsp3) is 0.333. The van der Waals surface area contributed by atoms with Gasteiger partial charge in [-0.1, -0.05) is 29.8 Å². The van der Waals surface area contributed by atoms with Gasteiger partial charge in [-0.3, -0.25) is 0 Å². The van der Waals surface area contributed by atoms with Gasteiger partial charge < -0.3 is 4.90 Å². The summed E-state index contributed by atoms with van der Waals surface area (Å²) in [5, 5.41) is 0.611. The van der Waals surface area contributed by atoms with Crippen LogP contribution in [0.5, 0.6) is 0 Å². The third-order valence-corrected chi connectivity index (χ3v) is 8.18. The van der Waals surface area contributed by atoms with Crippen molar-refractivity contribution < 1.29 is 21.2 Å². The van der Waals surface area contributed by atoms with E-state index in [2.05, 4.69) is 4.72 Å². The zero-order valence-electron chi connectivity index (χ0n) is 15.5. The van der Waals surface area contributed by atoms with E-state index in [1.54, 1.807) is 6.07 Å². The molecule has 0 aliphatic carbocycles. The predicted molar refractivity (Wildman–Crippen MR) is 111 cm³/mol. The zero-order chi connectivity index (χ0) is 21.1. The van der Waals surface area contributed by atoms with Gasteiger partial charge in [0.15, 0.2) is 0 Å². The highest BCUT2D eigenvalue weighted by molar-refractivity contribution is 7.90. The lowest BCUT2D eigenvalue weighted by Gasteiger charge is -2.35. The molecule has 1 saturated heterocycles. The summed E-state index contributed by atoms with van der Waals surface area (Å²) in [5.41, 5.74) is 0.923. The van der Waals surface area contributed by atoms with Crippen LogP contribution in [0, 0.1) is 5.82 Å². The Morgan fingerprint density at radius 2 is 1.66 bits per heavy atom. The van der Waals surface area contributed by atoms with Gasteiger partial charge in [-0.2, -0.15) is 4.31 Å². The summed E-state index contributed by atoms with van der Waals surface area (Å²) in [7, 11) is -7.77. The molecule has 2 aromatic carbocycles. The van der Waals surface area contributed by atoms with Crippen LogP contribution in [-0.4, -0.2) is 59.6 Å². The van der Waals surface area contributed by atoms with Crippen LogP contribution in [0.1, 0.15) is 0 Å². The average Bonchev–Trinajstić information content (AvgIpc) is 2.68. The summed E-state index contributed by atoms with van der Waals surface area (Å²) in [5.74, 6) is -1.29. The number of hydrogen-bond acceptors (Lipinski definition) is 5. The van der Waals surface area contributed by atoms with Crippen LogP contribution >= 0.6 is 11.6 Å². The molecule has 1 aliphatic rings. The minimum absolute atomic E-state index is 0.287. The highest BCUT2D eigenvalue weighted by Gasteiger charge is 2.27. The second-order valence-electron chi connectivity index (χ2n) is 6.51. The normalized spacial score (nSPS) is 16.1. The van der Waals surface area contributed by atoms with Crippen molar-refractivity contribution in [2.24, 2.45) is 0 Å². The minimum atomic E-state index is -4.12. The molecule has 11 heteroatoms. The molecule has 7 nitrogen and oxygen atoms in total. The van der Waals surface area contributed by atoms with Crippen molar-refractivity contribution in [3.8, 4) is 0 Å². The molecule has 0 spiro atoms. The van der Waals surface area contributed by atoms with Crippen LogP contribution in [0.25, 0.3) is 0 Å². The van der Waals surface area contributed by atoms with E-state index >= 15 is 0 Å². The third kappa shape index (κ3) is 5.46. The molecule has 0 unspecified atom stereocenters. The monoisotopic (exact) mass is 461 g/mol. The first-order valence-electron chi connectivity index (χ1n) is 8.91. The van der Waals surface area contributed by atoms with Crippen molar-refractivity contribution in [1.29, 1.82) is 0 Å². The molecule has 0 radical (unpaired) electrons. The minimum Gasteiger partial charge on any atom is -0.369 e. The molecule has 1 fully saturated rings. The number of sulfonamides is 2. The van der Waals surface area contributed by atoms with E-state index in [4.69, 9.17) is 11.6 Å². The lowest BCUT2D eigenvalue weighted by Crippen LogP contribution is -2.50. The Morgan fingerprint density at radius 1 is 0.966 bits per heavy atom. The van der Waals surface area contributed by atoms with Crippen molar-refractivity contribution in [3.63, 3.8) is 0 Å². The Morgan fingerprint density at radius 3 is 2.31 bits per heavy atom. The summed E-state index contributed by atoms with van der Waals surface area (Å²) in [6.07, 6.45) is 0. The van der Waals surface area contributed by atoms with E-state index in [0.717, 1.165) is 17.8 Å². The molecule has 29 heavy (non-hydrogen) atoms. The van der Waals surface area contributed by atoms with Crippen LogP contribution in [0.4, 0.5) is 10.1 Å². The van der Waals surface area contributed by atoms with E-state index in [-0.39, 0.29) is 19.6 Å². The van der Waals surface area contributed by atoms with Gasteiger partial charge in [0, 0.05) is 43.4 Å². The molecule has 158 valence electrons. The number of nitrogens with zero attached hydrogens (tertiary/aromatic N) is 2. The van der Waals surface area contributed by atoms with E-state index < -0.39 is 36.5 Å². The van der Waals surface area contributed by atoms with Crippen LogP contribution in [0.15, 0.2) is 53.4 Å². The molecule has 0 saturated carbocycles. The fourth-order valence-corrected chi connectivity index (χ4v) is 5.83. The number of anilines is 1. The molecule has 0 bridgehead atoms. The van der Waals surface area contributed by atoms with Crippen LogP contribution in [0.3, 0.4) is 0 Å². The lowest BCUT2D eigenvalue weighted by atomic mass is 10.2. The highest BCUT2D eigenvalue weighted by Crippen LogP contribution is 2.21. The van der Waals surface area contributed by atoms with Crippen molar-refractivity contribution in [3.05, 3.63) is 59.4 Å². The molecule has 2 aromatic rings. The highest BCUT2D eigenvalue weighted by atomic mass is 35.5. The third-order valence-electron chi connectivity index (χ3n) is 4.58. The van der Waals surface area contributed by atoms with Gasteiger partial charge >= 0.3 is 0 Å². The second kappa shape index (κ2) is 8.97. The number of hydrogen-bond donors (Lipinski definition) is 1. The van der Waals surface area contributed by atoms with Crippen LogP contribution in [-0.2, 0) is 20.0 Å². The summed E-state index contributed by atoms with van der Waals surface area (Å²) >= 11 is 6.00. The SMILES string of the molecule is O=S(=O)(NCCS(=O)(=O)N1CCN(c2cccc(Cl)c2)CC1)c1ccccc1F. The van der Waals surface area contributed by atoms with Gasteiger partial charge in [0.2, 0.25) is 20.0 Å². The van der Waals surface area contributed by atoms with Gasteiger partial charge in [-0.25, -0.2) is 25.9 Å². The average molecular weight is 462 g/mol. The summed E-state index contributed by atoms with van der Waals surface area (Å²) < 4.78 is 66.6. The quantitative estimate of drug-likeness (QED) is 0.680. The number of benzene rings is 2. The van der Waals surface area contributed by atoms with Crippen molar-refractivity contribution in [2.75, 3.05) is 43.4 Å². The Hall–Kier alpha value is -1.72. The molecule has 1 N–H and O–H groups in total. The van der Waals surface area contributed by atoms with E-state index in [0.29, 0.717) is 18.1 Å². The van der Waals surface area contributed by atoms with Crippen LogP contribution in [0.2, 0.25) is 5.02 Å². The summed E-state index contributed by atoms with van der Waals surface area (Å²) in [4.78, 5) is 1.53. The summed E-state index contributed by atoms with van der Waals surface area (Å²) in [6, 6.07) is 12.3. The van der Waals surface area contributed by atoms with Gasteiger partial charge in [0.1, 0.15) is 10.7 Å². The maximum absolute atomic E-state index is 13.7. The smallest absolute Gasteiger partial charge is 0.243 e. The molecule has 1 aliphatic heterocycles. The van der Waals surface area contributed by atoms with Gasteiger partial charge in [0.25, 0.3) is 0 Å². The summed E-state index contributed by atoms with van der Waals surface area (Å²) in [6.45, 7) is 1.23. The first-order valence-corrected chi connectivity index (χ1v) is 12.4. The number of nitrogens with one attached hydrogen (secondary N) is 1. The predicted octanol–water partition coefficient (Wildman–Crippen LogP) is 1.91. The maximum Gasteiger partial charge on any atom is 0.243 e. The largest absolute Gasteiger partial charge is 0.369 e. The molecular weight excluding hydrogens is 441 g/mol. The first kappa shape index (κ1) is 22.0. The van der Waals surface area contributed by atoms with Gasteiger partial charge in [-0.05, 0) is 30.3 Å². The standard InChI is InChI=1S/C18H21ClFN3O4S2/c19-15-4-3-5-16(14-15)22-9-11-23(12-10-22)28(24,25)13-8-21-29(26,27)18-7-2-1-6-17(18)20/h1-7,14,21H,8-13H2. The zero-order valence-corrected chi connectivity index (χ0v) is 17.9. The topological polar surface area (TPSA) is 86.8 Å². The molecular formula is C18H21ClFN3O4S2. The van der Waals surface area contributed by atoms with E-state index in [9.17, 15) is 21.2 Å². The maximum atomic E-state index is 13.7. The Bertz CT molecular complexity index is 1070. The van der Waals surface area contributed by atoms with Gasteiger partial charge in [-0.15, -0.1) is 0 Å². The molecule has 3 rings (SSSR count). The number of halogens is 2. The Labute approximate surface area is 175 Å². The molecule has 0 aromatic heterocycles. The van der Waals surface area contributed by atoms with E-state index in [1.165, 1.54) is 16.4 Å². The van der Waals surface area contributed by atoms with Crippen molar-refractivity contribution in [1.82, 2.24) is 9.03 Å². The number of rotatable bonds is 7.